The van der Waals surface area contributed by atoms with Crippen LogP contribution in [0.2, 0.25) is 0 Å². The Kier molecular flexibility index (Phi) is 6.46. The Morgan fingerprint density at radius 1 is 1.12 bits per heavy atom. The van der Waals surface area contributed by atoms with Gasteiger partial charge in [-0.15, -0.1) is 0 Å². The molecule has 0 aliphatic carbocycles. The maximum atomic E-state index is 13.8. The van der Waals surface area contributed by atoms with Crippen molar-refractivity contribution in [2.45, 2.75) is 37.6 Å². The van der Waals surface area contributed by atoms with Crippen LogP contribution in [0.25, 0.3) is 11.4 Å². The number of hydrogen-bond donors (Lipinski definition) is 4. The average Bonchev–Trinajstić information content (AvgIpc) is 3.26. The zero-order chi connectivity index (χ0) is 23.6. The molecule has 2 aliphatic rings. The second-order valence-electron chi connectivity index (χ2n) is 8.75. The summed E-state index contributed by atoms with van der Waals surface area (Å²) < 4.78 is 29.2. The van der Waals surface area contributed by atoms with E-state index in [2.05, 4.69) is 10.00 Å². The molecule has 3 heterocycles. The number of para-hydroxylation sites is 1. The lowest BCUT2D eigenvalue weighted by molar-refractivity contribution is -0.0771. The minimum atomic E-state index is -2.58. The van der Waals surface area contributed by atoms with E-state index in [4.69, 9.17) is 17.2 Å². The largest absolute Gasteiger partial charge is 0.507 e. The third-order valence-electron chi connectivity index (χ3n) is 6.39. The van der Waals surface area contributed by atoms with Gasteiger partial charge in [-0.25, -0.2) is 13.5 Å². The highest BCUT2D eigenvalue weighted by atomic mass is 19.3. The quantitative estimate of drug-likeness (QED) is 0.506. The molecule has 10 heteroatoms. The van der Waals surface area contributed by atoms with Gasteiger partial charge in [-0.1, -0.05) is 12.1 Å². The van der Waals surface area contributed by atoms with E-state index < -0.39 is 5.92 Å². The van der Waals surface area contributed by atoms with E-state index in [9.17, 15) is 13.9 Å². The second kappa shape index (κ2) is 9.30. The monoisotopic (exact) mass is 459 g/mol. The summed E-state index contributed by atoms with van der Waals surface area (Å²) in [6.45, 7) is 2.12. The summed E-state index contributed by atoms with van der Waals surface area (Å²) in [7, 11) is 0. The number of anilines is 1. The molecule has 0 unspecified atom stereocenters. The van der Waals surface area contributed by atoms with Crippen molar-refractivity contribution in [2.24, 2.45) is 17.2 Å². The Morgan fingerprint density at radius 2 is 1.85 bits per heavy atom. The molecule has 0 radical (unpaired) electrons. The van der Waals surface area contributed by atoms with Gasteiger partial charge in [-0.05, 0) is 44.0 Å². The van der Waals surface area contributed by atoms with Crippen molar-refractivity contribution in [3.05, 3.63) is 54.1 Å². The first-order valence-corrected chi connectivity index (χ1v) is 11.2. The van der Waals surface area contributed by atoms with Gasteiger partial charge in [0.2, 0.25) is 0 Å². The zero-order valence-corrected chi connectivity index (χ0v) is 18.5. The van der Waals surface area contributed by atoms with Crippen molar-refractivity contribution < 1.29 is 13.9 Å². The number of allylic oxidation sites excluding steroid dienone is 2. The van der Waals surface area contributed by atoms with Crippen LogP contribution >= 0.6 is 0 Å². The fraction of sp³-hybridized carbons (Fsp3) is 0.435. The molecule has 2 aliphatic heterocycles. The van der Waals surface area contributed by atoms with Crippen LogP contribution in [0.15, 0.2) is 48.6 Å². The first kappa shape index (κ1) is 22.9. The lowest BCUT2D eigenvalue weighted by atomic mass is 9.98. The molecule has 8 nitrogen and oxygen atoms in total. The topological polar surface area (TPSA) is 123 Å². The SMILES string of the molecule is NC(N)=C(/C=C(\N)c1ccccc1O)n1cc(N2CCC(N3CCCC(F)(F)C3)CC2)cn1. The predicted molar refractivity (Wildman–Crippen MR) is 125 cm³/mol. The molecule has 2 saturated heterocycles. The lowest BCUT2D eigenvalue weighted by Crippen LogP contribution is -2.51. The van der Waals surface area contributed by atoms with Crippen LogP contribution in [0.3, 0.4) is 0 Å². The molecule has 178 valence electrons. The van der Waals surface area contributed by atoms with Crippen LogP contribution in [-0.4, -0.2) is 57.9 Å². The molecule has 0 amide bonds. The van der Waals surface area contributed by atoms with Crippen LogP contribution in [-0.2, 0) is 0 Å². The van der Waals surface area contributed by atoms with Crippen LogP contribution in [0.5, 0.6) is 5.75 Å². The van der Waals surface area contributed by atoms with Crippen molar-refractivity contribution in [2.75, 3.05) is 31.1 Å². The van der Waals surface area contributed by atoms with E-state index in [0.717, 1.165) is 38.2 Å². The molecule has 4 rings (SSSR count). The summed E-state index contributed by atoms with van der Waals surface area (Å²) >= 11 is 0. The van der Waals surface area contributed by atoms with Crippen molar-refractivity contribution >= 4 is 17.1 Å². The number of benzene rings is 1. The Hall–Kier alpha value is -3.27. The summed E-state index contributed by atoms with van der Waals surface area (Å²) in [4.78, 5) is 4.13. The fourth-order valence-electron chi connectivity index (χ4n) is 4.63. The highest BCUT2D eigenvalue weighted by molar-refractivity contribution is 5.77. The van der Waals surface area contributed by atoms with Gasteiger partial charge in [0.15, 0.2) is 0 Å². The molecule has 2 fully saturated rings. The maximum absolute atomic E-state index is 13.8. The van der Waals surface area contributed by atoms with Crippen molar-refractivity contribution in [3.63, 3.8) is 0 Å². The number of nitrogens with zero attached hydrogens (tertiary/aromatic N) is 4. The van der Waals surface area contributed by atoms with Crippen LogP contribution in [0, 0.1) is 0 Å². The minimum absolute atomic E-state index is 0.00942. The fourth-order valence-corrected chi connectivity index (χ4v) is 4.63. The maximum Gasteiger partial charge on any atom is 0.260 e. The van der Waals surface area contributed by atoms with Gasteiger partial charge in [-0.3, -0.25) is 4.90 Å². The summed E-state index contributed by atoms with van der Waals surface area (Å²) in [5, 5.41) is 14.4. The number of likely N-dealkylation sites (tertiary alicyclic amines) is 1. The number of alkyl halides is 2. The number of halogens is 2. The zero-order valence-electron chi connectivity index (χ0n) is 18.5. The Balaban J connectivity index is 1.44. The second-order valence-corrected chi connectivity index (χ2v) is 8.75. The highest BCUT2D eigenvalue weighted by Crippen LogP contribution is 2.31. The molecule has 0 atom stereocenters. The number of rotatable bonds is 5. The Bertz CT molecular complexity index is 1040. The lowest BCUT2D eigenvalue weighted by Gasteiger charge is -2.42. The van der Waals surface area contributed by atoms with Gasteiger partial charge in [0.25, 0.3) is 5.92 Å². The summed E-state index contributed by atoms with van der Waals surface area (Å²) in [5.74, 6) is -2.49. The van der Waals surface area contributed by atoms with Crippen molar-refractivity contribution in [1.82, 2.24) is 14.7 Å². The minimum Gasteiger partial charge on any atom is -0.507 e. The third kappa shape index (κ3) is 5.22. The van der Waals surface area contributed by atoms with Gasteiger partial charge in [-0.2, -0.15) is 5.10 Å². The average molecular weight is 460 g/mol. The number of nitrogens with two attached hydrogens (primary N) is 3. The third-order valence-corrected chi connectivity index (χ3v) is 6.39. The van der Waals surface area contributed by atoms with Gasteiger partial charge in [0.1, 0.15) is 17.3 Å². The molecular formula is C23H31F2N7O. The molecule has 1 aromatic carbocycles. The highest BCUT2D eigenvalue weighted by Gasteiger charge is 2.38. The number of aromatic nitrogens is 2. The smallest absolute Gasteiger partial charge is 0.260 e. The molecule has 7 N–H and O–H groups in total. The standard InChI is InChI=1S/C23H31F2N7O/c24-23(25)8-3-9-31(15-23)16-6-10-30(11-7-16)17-13-29-32(14-17)20(22(27)28)12-19(26)18-4-1-2-5-21(18)33/h1-2,4-5,12-14,16,33H,3,6-11,15,26-28H2/b19-12-. The molecule has 0 bridgehead atoms. The Morgan fingerprint density at radius 3 is 2.52 bits per heavy atom. The van der Waals surface area contributed by atoms with E-state index in [1.165, 1.54) is 0 Å². The number of piperidine rings is 2. The number of hydrogen-bond acceptors (Lipinski definition) is 7. The molecule has 1 aromatic heterocycles. The van der Waals surface area contributed by atoms with E-state index >= 15 is 0 Å². The van der Waals surface area contributed by atoms with Gasteiger partial charge in [0, 0.05) is 36.8 Å². The first-order valence-electron chi connectivity index (χ1n) is 11.2. The van der Waals surface area contributed by atoms with Crippen LogP contribution in [0.1, 0.15) is 31.2 Å². The van der Waals surface area contributed by atoms with E-state index in [-0.39, 0.29) is 30.6 Å². The van der Waals surface area contributed by atoms with Gasteiger partial charge < -0.3 is 27.2 Å². The molecule has 2 aromatic rings. The van der Waals surface area contributed by atoms with Gasteiger partial charge >= 0.3 is 0 Å². The van der Waals surface area contributed by atoms with E-state index in [0.29, 0.717) is 23.4 Å². The Labute approximate surface area is 191 Å². The molecule has 33 heavy (non-hydrogen) atoms. The van der Waals surface area contributed by atoms with Gasteiger partial charge in [0.05, 0.1) is 24.6 Å². The van der Waals surface area contributed by atoms with E-state index in [1.54, 1.807) is 41.2 Å². The van der Waals surface area contributed by atoms with Crippen LogP contribution in [0.4, 0.5) is 14.5 Å². The van der Waals surface area contributed by atoms with Crippen molar-refractivity contribution in [3.8, 4) is 5.75 Å². The molecule has 0 saturated carbocycles. The first-order chi connectivity index (χ1) is 15.7. The summed E-state index contributed by atoms with van der Waals surface area (Å²) in [5.41, 5.74) is 20.0. The normalized spacial score (nSPS) is 20.1. The summed E-state index contributed by atoms with van der Waals surface area (Å²) in [6.07, 6.45) is 7.30. The van der Waals surface area contributed by atoms with Crippen molar-refractivity contribution in [1.29, 1.82) is 0 Å². The number of phenols is 1. The van der Waals surface area contributed by atoms with E-state index in [1.807, 2.05) is 11.1 Å². The summed E-state index contributed by atoms with van der Waals surface area (Å²) in [6, 6.07) is 6.90. The number of phenolic OH excluding ortho intramolecular Hbond substituents is 1. The molecule has 0 spiro atoms. The number of aromatic hydroxyl groups is 1. The van der Waals surface area contributed by atoms with Crippen LogP contribution < -0.4 is 22.1 Å². The molecular weight excluding hydrogens is 428 g/mol. The predicted octanol–water partition coefficient (Wildman–Crippen LogP) is 2.33.